The van der Waals surface area contributed by atoms with Crippen molar-refractivity contribution in [3.8, 4) is 0 Å². The maximum absolute atomic E-state index is 13.8. The molecule has 1 aliphatic rings. The van der Waals surface area contributed by atoms with E-state index in [1.807, 2.05) is 0 Å². The zero-order valence-corrected chi connectivity index (χ0v) is 17.9. The topological polar surface area (TPSA) is 75.7 Å². The third-order valence-corrected chi connectivity index (χ3v) is 5.08. The van der Waals surface area contributed by atoms with Gasteiger partial charge in [0.25, 0.3) is 0 Å². The van der Waals surface area contributed by atoms with Crippen LogP contribution in [0.3, 0.4) is 0 Å². The number of benzene rings is 1. The van der Waals surface area contributed by atoms with Gasteiger partial charge in [-0.2, -0.15) is 0 Å². The predicted molar refractivity (Wildman–Crippen MR) is 117 cm³/mol. The molecule has 2 aromatic rings. The fourth-order valence-corrected chi connectivity index (χ4v) is 3.31. The Kier molecular flexibility index (Phi) is 8.83. The number of ether oxygens (including phenoxy) is 2. The summed E-state index contributed by atoms with van der Waals surface area (Å²) < 4.78 is 51.5. The Labute approximate surface area is 187 Å². The van der Waals surface area contributed by atoms with Gasteiger partial charge in [0, 0.05) is 34.3 Å². The summed E-state index contributed by atoms with van der Waals surface area (Å²) in [6.07, 6.45) is 2.28. The fraction of sp³-hybridized carbons (Fsp3) is 0.455. The van der Waals surface area contributed by atoms with Gasteiger partial charge in [-0.1, -0.05) is 0 Å². The van der Waals surface area contributed by atoms with Gasteiger partial charge < -0.3 is 19.7 Å². The normalized spacial score (nSPS) is 16.1. The summed E-state index contributed by atoms with van der Waals surface area (Å²) in [6, 6.07) is 4.27. The van der Waals surface area contributed by atoms with E-state index in [4.69, 9.17) is 9.47 Å². The largest absolute Gasteiger partial charge is 0.380 e. The molecule has 0 saturated carbocycles. The number of carbonyl (C=O) groups is 1. The zero-order valence-electron chi connectivity index (χ0n) is 17.9. The molecule has 0 fully saturated rings. The number of halogens is 3. The van der Waals surface area contributed by atoms with Crippen LogP contribution in [0.1, 0.15) is 33.5 Å². The van der Waals surface area contributed by atoms with E-state index in [1.54, 1.807) is 17.9 Å². The van der Waals surface area contributed by atoms with E-state index in [0.29, 0.717) is 38.4 Å². The van der Waals surface area contributed by atoms with Crippen molar-refractivity contribution >= 4 is 11.7 Å². The van der Waals surface area contributed by atoms with Gasteiger partial charge in [-0.25, -0.2) is 18.0 Å². The highest BCUT2D eigenvalue weighted by atomic mass is 19.1. The van der Waals surface area contributed by atoms with Crippen molar-refractivity contribution in [1.82, 2.24) is 15.2 Å². The Morgan fingerprint density at radius 1 is 1.28 bits per heavy atom. The van der Waals surface area contributed by atoms with Crippen LogP contribution in [0.4, 0.5) is 23.7 Å². The van der Waals surface area contributed by atoms with E-state index >= 15 is 0 Å². The maximum Gasteiger partial charge on any atom is 0.322 e. The lowest BCUT2D eigenvalue weighted by Crippen LogP contribution is -2.40. The second-order valence-electron chi connectivity index (χ2n) is 7.43. The van der Waals surface area contributed by atoms with Crippen molar-refractivity contribution in [1.29, 1.82) is 0 Å². The van der Waals surface area contributed by atoms with E-state index in [-0.39, 0.29) is 33.7 Å². The number of nitrogens with zero attached hydrogens (tertiary/aromatic N) is 2. The van der Waals surface area contributed by atoms with Crippen molar-refractivity contribution in [2.75, 3.05) is 45.0 Å². The summed E-state index contributed by atoms with van der Waals surface area (Å²) in [4.78, 5) is 18.0. The molecule has 0 saturated heterocycles. The molecule has 1 atom stereocenters. The molecule has 1 aromatic carbocycles. The van der Waals surface area contributed by atoms with Crippen molar-refractivity contribution in [2.45, 2.75) is 25.8 Å². The first-order chi connectivity index (χ1) is 15.4. The number of pyridine rings is 1. The summed E-state index contributed by atoms with van der Waals surface area (Å²) in [5.41, 5.74) is 1.39. The van der Waals surface area contributed by atoms with Crippen LogP contribution in [0.25, 0.3) is 0 Å². The SMILES string of the molecule is C[C@H](NCOCCN1CCOCCCc2cc(F)ccc2NC1=O)c1ncc(F)cc1F.[HH].[HH]. The minimum atomic E-state index is -0.736. The fourth-order valence-electron chi connectivity index (χ4n) is 3.31. The first-order valence-corrected chi connectivity index (χ1v) is 10.5. The standard InChI is InChI=1S/C22H27F3N4O3.2H2/c1-15(21-19(25)12-18(24)13-26-21)27-14-32-10-7-29-6-9-31-8-2-3-16-11-17(23)4-5-20(16)28-22(29)30;;/h4-5,11-13,15,27H,2-3,6-10,14H2,1H3,(H,28,30);2*1H/t15-;;/m0../s1. The quantitative estimate of drug-likeness (QED) is 0.484. The number of aromatic nitrogens is 1. The van der Waals surface area contributed by atoms with Crippen LogP contribution in [0, 0.1) is 17.5 Å². The van der Waals surface area contributed by atoms with Crippen LogP contribution in [-0.4, -0.2) is 55.6 Å². The van der Waals surface area contributed by atoms with Crippen molar-refractivity contribution < 1.29 is 30.3 Å². The number of hydrogen-bond acceptors (Lipinski definition) is 5. The molecule has 7 nitrogen and oxygen atoms in total. The molecule has 2 amide bonds. The number of fused-ring (bicyclic) bond motifs is 1. The summed E-state index contributed by atoms with van der Waals surface area (Å²) in [7, 11) is 0. The average molecular weight is 457 g/mol. The summed E-state index contributed by atoms with van der Waals surface area (Å²) >= 11 is 0. The number of rotatable bonds is 7. The van der Waals surface area contributed by atoms with Gasteiger partial charge in [-0.05, 0) is 43.5 Å². The number of aryl methyl sites for hydroxylation is 1. The molecular weight excluding hydrogens is 425 g/mol. The van der Waals surface area contributed by atoms with Crippen molar-refractivity contribution in [3.05, 3.63) is 59.2 Å². The number of carbonyl (C=O) groups excluding carboxylic acids is 1. The molecule has 3 rings (SSSR count). The lowest BCUT2D eigenvalue weighted by molar-refractivity contribution is 0.0763. The van der Waals surface area contributed by atoms with Gasteiger partial charge in [-0.15, -0.1) is 0 Å². The van der Waals surface area contributed by atoms with Crippen LogP contribution in [0.5, 0.6) is 0 Å². The third-order valence-electron chi connectivity index (χ3n) is 5.08. The molecule has 0 bridgehead atoms. The molecule has 1 aliphatic heterocycles. The molecule has 0 unspecified atom stereocenters. The molecule has 0 aliphatic carbocycles. The highest BCUT2D eigenvalue weighted by Crippen LogP contribution is 2.20. The van der Waals surface area contributed by atoms with Crippen LogP contribution < -0.4 is 10.6 Å². The summed E-state index contributed by atoms with van der Waals surface area (Å²) in [6.45, 7) is 3.57. The Balaban J connectivity index is 0.00000289. The molecule has 1 aromatic heterocycles. The predicted octanol–water partition coefficient (Wildman–Crippen LogP) is 4.11. The van der Waals surface area contributed by atoms with Gasteiger partial charge in [0.15, 0.2) is 0 Å². The molecule has 0 radical (unpaired) electrons. The highest BCUT2D eigenvalue weighted by Gasteiger charge is 2.17. The Bertz CT molecular complexity index is 927. The molecule has 0 spiro atoms. The van der Waals surface area contributed by atoms with Gasteiger partial charge in [0.2, 0.25) is 0 Å². The van der Waals surface area contributed by atoms with Crippen LogP contribution in [0.2, 0.25) is 0 Å². The van der Waals surface area contributed by atoms with E-state index in [9.17, 15) is 18.0 Å². The second-order valence-corrected chi connectivity index (χ2v) is 7.43. The summed E-state index contributed by atoms with van der Waals surface area (Å²) in [5.74, 6) is -1.82. The first kappa shape index (κ1) is 24.0. The van der Waals surface area contributed by atoms with E-state index in [1.165, 1.54) is 12.1 Å². The lowest BCUT2D eigenvalue weighted by atomic mass is 10.1. The minimum Gasteiger partial charge on any atom is -0.380 e. The molecule has 2 N–H and O–H groups in total. The average Bonchev–Trinajstić information content (AvgIpc) is 2.78. The minimum absolute atomic E-state index is 0. The van der Waals surface area contributed by atoms with Crippen LogP contribution in [-0.2, 0) is 15.9 Å². The summed E-state index contributed by atoms with van der Waals surface area (Å²) in [5, 5.41) is 5.79. The molecule has 2 heterocycles. The van der Waals surface area contributed by atoms with Gasteiger partial charge in [0.1, 0.15) is 17.5 Å². The highest BCUT2D eigenvalue weighted by molar-refractivity contribution is 5.90. The number of amides is 2. The molecule has 178 valence electrons. The smallest absolute Gasteiger partial charge is 0.322 e. The molecule has 10 heteroatoms. The van der Waals surface area contributed by atoms with E-state index in [2.05, 4.69) is 15.6 Å². The Morgan fingerprint density at radius 3 is 2.94 bits per heavy atom. The van der Waals surface area contributed by atoms with Gasteiger partial charge >= 0.3 is 6.03 Å². The molecule has 32 heavy (non-hydrogen) atoms. The third kappa shape index (κ3) is 6.91. The Morgan fingerprint density at radius 2 is 2.12 bits per heavy atom. The van der Waals surface area contributed by atoms with E-state index < -0.39 is 17.7 Å². The second kappa shape index (κ2) is 11.8. The van der Waals surface area contributed by atoms with E-state index in [0.717, 1.165) is 24.2 Å². The van der Waals surface area contributed by atoms with Crippen LogP contribution in [0.15, 0.2) is 30.5 Å². The molecular formula is C22H31F3N4O3. The van der Waals surface area contributed by atoms with Gasteiger partial charge in [-0.3, -0.25) is 10.3 Å². The Hall–Kier alpha value is -2.69. The zero-order chi connectivity index (χ0) is 22.9. The number of anilines is 1. The number of hydrogen-bond donors (Lipinski definition) is 2. The van der Waals surface area contributed by atoms with Gasteiger partial charge in [0.05, 0.1) is 37.9 Å². The number of urea groups is 1. The first-order valence-electron chi connectivity index (χ1n) is 10.5. The van der Waals surface area contributed by atoms with Crippen LogP contribution >= 0.6 is 0 Å². The number of nitrogens with one attached hydrogen (secondary N) is 2. The maximum atomic E-state index is 13.8. The lowest BCUT2D eigenvalue weighted by Gasteiger charge is -2.23. The monoisotopic (exact) mass is 456 g/mol. The van der Waals surface area contributed by atoms with Crippen molar-refractivity contribution in [3.63, 3.8) is 0 Å². The van der Waals surface area contributed by atoms with Crippen molar-refractivity contribution in [2.24, 2.45) is 0 Å².